The zero-order valence-corrected chi connectivity index (χ0v) is 25.6. The number of aliphatic hydroxyl groups is 1. The number of rotatable bonds is 11. The molecule has 0 bridgehead atoms. The van der Waals surface area contributed by atoms with E-state index in [1.807, 2.05) is 20.0 Å². The second kappa shape index (κ2) is 13.0. The molecule has 0 aromatic carbocycles. The Balaban J connectivity index is 2.04. The summed E-state index contributed by atoms with van der Waals surface area (Å²) in [4.78, 5) is 30.6. The Morgan fingerprint density at radius 2 is 2.05 bits per heavy atom. The Labute approximate surface area is 240 Å². The summed E-state index contributed by atoms with van der Waals surface area (Å²) in [7, 11) is 3.75. The Hall–Kier alpha value is -2.55. The third kappa shape index (κ3) is 6.67. The molecule has 0 spiro atoms. The third-order valence-corrected chi connectivity index (χ3v) is 8.55. The van der Waals surface area contributed by atoms with E-state index in [4.69, 9.17) is 14.9 Å². The molecule has 2 N–H and O–H groups in total. The standard InChI is InChI=1S/C32H49N3O5/c1-9-40-30(38)25-20-35-26(31(3,4)5)15-23-18-32(6,17-22(11-12-33)19-34(7)13-10-14-36)27(39-8)16-24(23)28(35)21(2)29(25)37/h11-12,16,18,20-21,26-28,33,36H,9-10,13-15,17,19H2,1-8H3/b22-11-,33-12?. The molecule has 1 fully saturated rings. The topological polar surface area (TPSA) is 103 Å². The van der Waals surface area contributed by atoms with Crippen LogP contribution in [-0.2, 0) is 19.1 Å². The molecule has 2 heterocycles. The average molecular weight is 556 g/mol. The van der Waals surface area contributed by atoms with Gasteiger partial charge in [0, 0.05) is 56.6 Å². The van der Waals surface area contributed by atoms with Crippen molar-refractivity contribution >= 4 is 18.0 Å². The molecule has 2 aliphatic heterocycles. The molecule has 1 saturated heterocycles. The third-order valence-electron chi connectivity index (χ3n) is 8.55. The number of ketones is 1. The lowest BCUT2D eigenvalue weighted by Gasteiger charge is -2.54. The average Bonchev–Trinajstić information content (AvgIpc) is 2.87. The molecule has 0 aromatic rings. The molecule has 0 saturated carbocycles. The number of aliphatic hydroxyl groups excluding tert-OH is 1. The number of ether oxygens (including phenoxy) is 2. The lowest BCUT2D eigenvalue weighted by Crippen LogP contribution is -2.58. The first kappa shape index (κ1) is 32.0. The second-order valence-electron chi connectivity index (χ2n) is 12.8. The molecule has 3 rings (SSSR count). The van der Waals surface area contributed by atoms with E-state index in [1.54, 1.807) is 20.2 Å². The molecule has 5 atom stereocenters. The molecular formula is C32H49N3O5. The summed E-state index contributed by atoms with van der Waals surface area (Å²) < 4.78 is 11.3. The normalized spacial score (nSPS) is 28.9. The van der Waals surface area contributed by atoms with E-state index in [2.05, 4.69) is 49.6 Å². The Morgan fingerprint density at radius 3 is 2.62 bits per heavy atom. The van der Waals surface area contributed by atoms with E-state index in [0.29, 0.717) is 19.4 Å². The smallest absolute Gasteiger partial charge is 0.343 e. The number of carbonyl (C=O) groups is 2. The summed E-state index contributed by atoms with van der Waals surface area (Å²) in [5, 5.41) is 17.0. The first-order chi connectivity index (χ1) is 18.8. The number of piperidine rings is 1. The van der Waals surface area contributed by atoms with Crippen molar-refractivity contribution in [1.29, 1.82) is 5.41 Å². The summed E-state index contributed by atoms with van der Waals surface area (Å²) in [6.07, 6.45) is 11.5. The first-order valence-electron chi connectivity index (χ1n) is 14.5. The van der Waals surface area contributed by atoms with Gasteiger partial charge in [-0.25, -0.2) is 4.79 Å². The highest BCUT2D eigenvalue weighted by atomic mass is 16.5. The van der Waals surface area contributed by atoms with Gasteiger partial charge >= 0.3 is 5.97 Å². The van der Waals surface area contributed by atoms with Gasteiger partial charge in [-0.2, -0.15) is 0 Å². The lowest BCUT2D eigenvalue weighted by molar-refractivity contribution is -0.141. The first-order valence-corrected chi connectivity index (χ1v) is 14.5. The van der Waals surface area contributed by atoms with Crippen molar-refractivity contribution in [1.82, 2.24) is 9.80 Å². The van der Waals surface area contributed by atoms with Gasteiger partial charge in [0.25, 0.3) is 0 Å². The summed E-state index contributed by atoms with van der Waals surface area (Å²) in [6, 6.07) is -0.122. The molecule has 222 valence electrons. The van der Waals surface area contributed by atoms with Crippen LogP contribution in [0.4, 0.5) is 0 Å². The lowest BCUT2D eigenvalue weighted by atomic mass is 9.64. The van der Waals surface area contributed by atoms with Crippen LogP contribution in [0.15, 0.2) is 46.7 Å². The van der Waals surface area contributed by atoms with E-state index in [-0.39, 0.29) is 53.6 Å². The highest BCUT2D eigenvalue weighted by molar-refractivity contribution is 6.18. The van der Waals surface area contributed by atoms with Crippen LogP contribution in [0, 0.1) is 22.2 Å². The van der Waals surface area contributed by atoms with E-state index in [9.17, 15) is 14.7 Å². The number of likely N-dealkylation sites (N-methyl/N-ethyl adjacent to an activating group) is 1. The maximum Gasteiger partial charge on any atom is 0.343 e. The molecule has 8 nitrogen and oxygen atoms in total. The highest BCUT2D eigenvalue weighted by Crippen LogP contribution is 2.50. The maximum absolute atomic E-state index is 13.5. The number of fused-ring (bicyclic) bond motifs is 3. The van der Waals surface area contributed by atoms with Crippen LogP contribution < -0.4 is 0 Å². The summed E-state index contributed by atoms with van der Waals surface area (Å²) in [6.45, 7) is 14.3. The van der Waals surface area contributed by atoms with Gasteiger partial charge in [0.15, 0.2) is 5.78 Å². The minimum Gasteiger partial charge on any atom is -0.462 e. The molecule has 0 aromatic heterocycles. The molecule has 40 heavy (non-hydrogen) atoms. The van der Waals surface area contributed by atoms with Crippen LogP contribution in [0.25, 0.3) is 0 Å². The Bertz CT molecular complexity index is 1100. The van der Waals surface area contributed by atoms with Crippen molar-refractivity contribution in [2.75, 3.05) is 40.5 Å². The molecule has 8 heteroatoms. The van der Waals surface area contributed by atoms with Crippen LogP contribution in [0.3, 0.4) is 0 Å². The van der Waals surface area contributed by atoms with E-state index < -0.39 is 11.9 Å². The van der Waals surface area contributed by atoms with Gasteiger partial charge in [-0.05, 0) is 61.9 Å². The fraction of sp³-hybridized carbons (Fsp3) is 0.656. The number of hydrogen-bond donors (Lipinski definition) is 2. The predicted octanol–water partition coefficient (Wildman–Crippen LogP) is 4.31. The van der Waals surface area contributed by atoms with Gasteiger partial charge in [0.2, 0.25) is 0 Å². The van der Waals surface area contributed by atoms with Crippen molar-refractivity contribution in [3.63, 3.8) is 0 Å². The van der Waals surface area contributed by atoms with Gasteiger partial charge in [-0.1, -0.05) is 46.3 Å². The summed E-state index contributed by atoms with van der Waals surface area (Å²) in [5.41, 5.74) is 3.12. The van der Waals surface area contributed by atoms with Gasteiger partial charge in [0.1, 0.15) is 5.57 Å². The number of nitrogens with one attached hydrogen (secondary N) is 1. The molecule has 0 amide bonds. The number of carbonyl (C=O) groups excluding carboxylic acids is 2. The van der Waals surface area contributed by atoms with Crippen molar-refractivity contribution in [2.45, 2.75) is 79.0 Å². The number of Topliss-reactive ketones (excluding diaryl/α,β-unsaturated/α-hetero) is 1. The molecule has 3 aliphatic rings. The van der Waals surface area contributed by atoms with Gasteiger partial charge < -0.3 is 29.8 Å². The fourth-order valence-electron chi connectivity index (χ4n) is 6.60. The highest BCUT2D eigenvalue weighted by Gasteiger charge is 2.50. The van der Waals surface area contributed by atoms with Crippen molar-refractivity contribution < 1.29 is 24.2 Å². The summed E-state index contributed by atoms with van der Waals surface area (Å²) in [5.74, 6) is -1.15. The van der Waals surface area contributed by atoms with E-state index in [0.717, 1.165) is 24.1 Å². The predicted molar refractivity (Wildman–Crippen MR) is 158 cm³/mol. The van der Waals surface area contributed by atoms with Crippen LogP contribution in [-0.4, -0.2) is 91.5 Å². The zero-order valence-electron chi connectivity index (χ0n) is 25.6. The maximum atomic E-state index is 13.5. The number of esters is 1. The van der Waals surface area contributed by atoms with Gasteiger partial charge in [-0.3, -0.25) is 4.79 Å². The zero-order chi connectivity index (χ0) is 29.8. The van der Waals surface area contributed by atoms with Crippen LogP contribution >= 0.6 is 0 Å². The SMILES string of the molecule is CCOC(=O)C1=CN2C(C3=CC(OC)C(C)(C/C(=C/C=N)CN(C)CCCO)C=C3CC2C(C)(C)C)C(C)C1=O. The summed E-state index contributed by atoms with van der Waals surface area (Å²) >= 11 is 0. The van der Waals surface area contributed by atoms with Gasteiger partial charge in [-0.15, -0.1) is 0 Å². The number of hydrogen-bond acceptors (Lipinski definition) is 8. The largest absolute Gasteiger partial charge is 0.462 e. The van der Waals surface area contributed by atoms with Crippen molar-refractivity contribution in [3.8, 4) is 0 Å². The van der Waals surface area contributed by atoms with E-state index in [1.165, 1.54) is 11.8 Å². The van der Waals surface area contributed by atoms with Crippen LogP contribution in [0.2, 0.25) is 0 Å². The molecular weight excluding hydrogens is 506 g/mol. The molecule has 5 unspecified atom stereocenters. The monoisotopic (exact) mass is 555 g/mol. The fourth-order valence-corrected chi connectivity index (χ4v) is 6.60. The van der Waals surface area contributed by atoms with Crippen LogP contribution in [0.5, 0.6) is 0 Å². The Morgan fingerprint density at radius 1 is 1.35 bits per heavy atom. The quantitative estimate of drug-likeness (QED) is 0.222. The van der Waals surface area contributed by atoms with E-state index >= 15 is 0 Å². The Kier molecular flexibility index (Phi) is 10.4. The number of allylic oxidation sites excluding steroid dienone is 1. The minimum atomic E-state index is -0.554. The molecule has 0 radical (unpaired) electrons. The van der Waals surface area contributed by atoms with Crippen molar-refractivity contribution in [3.05, 3.63) is 46.7 Å². The van der Waals surface area contributed by atoms with Crippen LogP contribution in [0.1, 0.15) is 60.8 Å². The molecule has 1 aliphatic carbocycles. The number of methoxy groups -OCH3 is 1. The number of nitrogens with zero attached hydrogens (tertiary/aromatic N) is 2. The van der Waals surface area contributed by atoms with Crippen molar-refractivity contribution in [2.24, 2.45) is 16.7 Å². The second-order valence-corrected chi connectivity index (χ2v) is 12.8. The van der Waals surface area contributed by atoms with Gasteiger partial charge in [0.05, 0.1) is 18.8 Å². The minimum absolute atomic E-state index is 0.0745.